The molecule has 0 aromatic carbocycles. The fourth-order valence-electron chi connectivity index (χ4n) is 3.48. The first-order chi connectivity index (χ1) is 8.90. The van der Waals surface area contributed by atoms with Gasteiger partial charge in [-0.3, -0.25) is 0 Å². The standard InChI is InChI=1S/C16H34N2O/c1-6-15-8-7-9-18(11-15)14(4)10-16(5,12-19)17-13(2)3/h13-15,17,19H,6-12H2,1-5H3. The minimum Gasteiger partial charge on any atom is -0.394 e. The van der Waals surface area contributed by atoms with Crippen molar-refractivity contribution in [2.45, 2.75) is 77.9 Å². The van der Waals surface area contributed by atoms with E-state index in [2.05, 4.69) is 44.8 Å². The van der Waals surface area contributed by atoms with Gasteiger partial charge in [0.1, 0.15) is 0 Å². The van der Waals surface area contributed by atoms with Crippen molar-refractivity contribution in [1.82, 2.24) is 10.2 Å². The molecule has 0 spiro atoms. The Morgan fingerprint density at radius 3 is 2.58 bits per heavy atom. The van der Waals surface area contributed by atoms with Crippen LogP contribution in [0, 0.1) is 5.92 Å². The van der Waals surface area contributed by atoms with E-state index in [0.29, 0.717) is 12.1 Å². The first kappa shape index (κ1) is 16.9. The van der Waals surface area contributed by atoms with Crippen molar-refractivity contribution in [1.29, 1.82) is 0 Å². The summed E-state index contributed by atoms with van der Waals surface area (Å²) in [6, 6.07) is 0.951. The van der Waals surface area contributed by atoms with E-state index in [0.717, 1.165) is 12.3 Å². The van der Waals surface area contributed by atoms with E-state index in [1.165, 1.54) is 32.4 Å². The van der Waals surface area contributed by atoms with Gasteiger partial charge in [-0.2, -0.15) is 0 Å². The minimum absolute atomic E-state index is 0.160. The van der Waals surface area contributed by atoms with Crippen LogP contribution in [0.4, 0.5) is 0 Å². The van der Waals surface area contributed by atoms with Crippen molar-refractivity contribution in [3.05, 3.63) is 0 Å². The molecule has 1 heterocycles. The Bertz CT molecular complexity index is 257. The van der Waals surface area contributed by atoms with Gasteiger partial charge in [0, 0.05) is 24.2 Å². The molecule has 3 unspecified atom stereocenters. The maximum absolute atomic E-state index is 9.70. The van der Waals surface area contributed by atoms with Crippen molar-refractivity contribution >= 4 is 0 Å². The van der Waals surface area contributed by atoms with Gasteiger partial charge in [-0.15, -0.1) is 0 Å². The lowest BCUT2D eigenvalue weighted by Gasteiger charge is -2.41. The normalized spacial score (nSPS) is 26.4. The second-order valence-electron chi connectivity index (χ2n) is 6.98. The van der Waals surface area contributed by atoms with Gasteiger partial charge in [0.2, 0.25) is 0 Å². The van der Waals surface area contributed by atoms with Gasteiger partial charge in [-0.25, -0.2) is 0 Å². The molecule has 0 aromatic heterocycles. The monoisotopic (exact) mass is 270 g/mol. The summed E-state index contributed by atoms with van der Waals surface area (Å²) in [5, 5.41) is 13.2. The fourth-order valence-corrected chi connectivity index (χ4v) is 3.48. The molecule has 3 nitrogen and oxygen atoms in total. The molecule has 3 atom stereocenters. The molecular weight excluding hydrogens is 236 g/mol. The van der Waals surface area contributed by atoms with Crippen LogP contribution in [0.2, 0.25) is 0 Å². The molecule has 0 radical (unpaired) electrons. The van der Waals surface area contributed by atoms with Crippen molar-refractivity contribution in [3.63, 3.8) is 0 Å². The van der Waals surface area contributed by atoms with Crippen molar-refractivity contribution in [2.24, 2.45) is 5.92 Å². The van der Waals surface area contributed by atoms with Crippen LogP contribution in [-0.4, -0.2) is 47.3 Å². The number of hydrogen-bond donors (Lipinski definition) is 2. The van der Waals surface area contributed by atoms with Gasteiger partial charge in [-0.05, 0) is 45.6 Å². The molecule has 3 heteroatoms. The topological polar surface area (TPSA) is 35.5 Å². The average Bonchev–Trinajstić information content (AvgIpc) is 2.37. The molecule has 0 aromatic rings. The van der Waals surface area contributed by atoms with Crippen molar-refractivity contribution < 1.29 is 5.11 Å². The van der Waals surface area contributed by atoms with Gasteiger partial charge in [-0.1, -0.05) is 27.2 Å². The van der Waals surface area contributed by atoms with E-state index in [9.17, 15) is 5.11 Å². The second-order valence-corrected chi connectivity index (χ2v) is 6.98. The largest absolute Gasteiger partial charge is 0.394 e. The summed E-state index contributed by atoms with van der Waals surface area (Å²) in [5.41, 5.74) is -0.160. The molecule has 0 saturated carbocycles. The van der Waals surface area contributed by atoms with E-state index < -0.39 is 0 Å². The summed E-state index contributed by atoms with van der Waals surface area (Å²) in [4.78, 5) is 2.62. The van der Waals surface area contributed by atoms with Gasteiger partial charge in [0.25, 0.3) is 0 Å². The molecule has 0 amide bonds. The zero-order valence-electron chi connectivity index (χ0n) is 13.6. The predicted molar refractivity (Wildman–Crippen MR) is 82.4 cm³/mol. The fraction of sp³-hybridized carbons (Fsp3) is 1.00. The van der Waals surface area contributed by atoms with E-state index in [4.69, 9.17) is 0 Å². The maximum Gasteiger partial charge on any atom is 0.0611 e. The number of piperidine rings is 1. The lowest BCUT2D eigenvalue weighted by Crippen LogP contribution is -2.54. The molecule has 114 valence electrons. The molecule has 0 aliphatic carbocycles. The van der Waals surface area contributed by atoms with Gasteiger partial charge in [0.15, 0.2) is 0 Å². The molecular formula is C16H34N2O. The highest BCUT2D eigenvalue weighted by Crippen LogP contribution is 2.24. The van der Waals surface area contributed by atoms with Gasteiger partial charge >= 0.3 is 0 Å². The summed E-state index contributed by atoms with van der Waals surface area (Å²) in [6.45, 7) is 13.7. The summed E-state index contributed by atoms with van der Waals surface area (Å²) in [7, 11) is 0. The Hall–Kier alpha value is -0.120. The van der Waals surface area contributed by atoms with Crippen molar-refractivity contribution in [2.75, 3.05) is 19.7 Å². The Morgan fingerprint density at radius 1 is 1.37 bits per heavy atom. The number of hydrogen-bond acceptors (Lipinski definition) is 3. The Morgan fingerprint density at radius 2 is 2.05 bits per heavy atom. The maximum atomic E-state index is 9.70. The van der Waals surface area contributed by atoms with E-state index >= 15 is 0 Å². The number of aliphatic hydroxyl groups excluding tert-OH is 1. The molecule has 1 aliphatic rings. The molecule has 1 fully saturated rings. The summed E-state index contributed by atoms with van der Waals surface area (Å²) in [6.07, 6.45) is 5.03. The highest BCUT2D eigenvalue weighted by molar-refractivity contribution is 4.89. The number of likely N-dealkylation sites (tertiary alicyclic amines) is 1. The van der Waals surface area contributed by atoms with Crippen LogP contribution in [0.25, 0.3) is 0 Å². The van der Waals surface area contributed by atoms with Gasteiger partial charge in [0.05, 0.1) is 6.61 Å². The summed E-state index contributed by atoms with van der Waals surface area (Å²) >= 11 is 0. The third-order valence-electron chi connectivity index (χ3n) is 4.48. The quantitative estimate of drug-likeness (QED) is 0.746. The van der Waals surface area contributed by atoms with E-state index in [1.54, 1.807) is 0 Å². The smallest absolute Gasteiger partial charge is 0.0611 e. The number of aliphatic hydroxyl groups is 1. The Balaban J connectivity index is 2.54. The first-order valence-corrected chi connectivity index (χ1v) is 8.02. The third-order valence-corrected chi connectivity index (χ3v) is 4.48. The molecule has 2 N–H and O–H groups in total. The average molecular weight is 270 g/mol. The van der Waals surface area contributed by atoms with Gasteiger partial charge < -0.3 is 15.3 Å². The van der Waals surface area contributed by atoms with Crippen LogP contribution in [0.15, 0.2) is 0 Å². The molecule has 0 bridgehead atoms. The van der Waals surface area contributed by atoms with Crippen LogP contribution >= 0.6 is 0 Å². The molecule has 1 rings (SSSR count). The number of rotatable bonds is 7. The lowest BCUT2D eigenvalue weighted by molar-refractivity contribution is 0.0804. The minimum atomic E-state index is -0.160. The lowest BCUT2D eigenvalue weighted by atomic mass is 9.89. The number of nitrogens with zero attached hydrogens (tertiary/aromatic N) is 1. The Labute approximate surface area is 119 Å². The summed E-state index contributed by atoms with van der Waals surface area (Å²) in [5.74, 6) is 0.870. The molecule has 1 aliphatic heterocycles. The van der Waals surface area contributed by atoms with Crippen LogP contribution in [0.1, 0.15) is 60.3 Å². The van der Waals surface area contributed by atoms with E-state index in [1.807, 2.05) is 0 Å². The number of nitrogens with one attached hydrogen (secondary N) is 1. The van der Waals surface area contributed by atoms with Crippen LogP contribution in [0.3, 0.4) is 0 Å². The first-order valence-electron chi connectivity index (χ1n) is 8.02. The zero-order chi connectivity index (χ0) is 14.5. The SMILES string of the molecule is CCC1CCCN(C(C)CC(C)(CO)NC(C)C)C1. The second kappa shape index (κ2) is 7.61. The van der Waals surface area contributed by atoms with Crippen molar-refractivity contribution in [3.8, 4) is 0 Å². The molecule has 1 saturated heterocycles. The van der Waals surface area contributed by atoms with Crippen LogP contribution < -0.4 is 5.32 Å². The zero-order valence-corrected chi connectivity index (χ0v) is 13.6. The highest BCUT2D eigenvalue weighted by Gasteiger charge is 2.30. The third kappa shape index (κ3) is 5.41. The summed E-state index contributed by atoms with van der Waals surface area (Å²) < 4.78 is 0. The highest BCUT2D eigenvalue weighted by atomic mass is 16.3. The van der Waals surface area contributed by atoms with E-state index in [-0.39, 0.29) is 12.1 Å². The molecule has 19 heavy (non-hydrogen) atoms. The Kier molecular flexibility index (Phi) is 6.78. The predicted octanol–water partition coefficient (Wildman–Crippen LogP) is 2.64. The van der Waals surface area contributed by atoms with Crippen LogP contribution in [0.5, 0.6) is 0 Å². The van der Waals surface area contributed by atoms with Crippen LogP contribution in [-0.2, 0) is 0 Å².